The highest BCUT2D eigenvalue weighted by atomic mass is 16.5. The van der Waals surface area contributed by atoms with Crippen LogP contribution in [-0.2, 0) is 16.0 Å². The molecule has 0 bridgehead atoms. The van der Waals surface area contributed by atoms with Gasteiger partial charge in [0.15, 0.2) is 0 Å². The molecule has 0 saturated carbocycles. The Morgan fingerprint density at radius 3 is 2.68 bits per heavy atom. The molecule has 1 saturated heterocycles. The molecule has 0 N–H and O–H groups in total. The summed E-state index contributed by atoms with van der Waals surface area (Å²) in [6.45, 7) is 2.82. The van der Waals surface area contributed by atoms with E-state index < -0.39 is 0 Å². The van der Waals surface area contributed by atoms with Crippen LogP contribution in [0.3, 0.4) is 0 Å². The molecule has 0 unspecified atom stereocenters. The van der Waals surface area contributed by atoms with Gasteiger partial charge in [-0.25, -0.2) is 4.79 Å². The summed E-state index contributed by atoms with van der Waals surface area (Å²) in [5.41, 5.74) is 1.82. The summed E-state index contributed by atoms with van der Waals surface area (Å²) in [5, 5.41) is 0. The summed E-state index contributed by atoms with van der Waals surface area (Å²) < 4.78 is 9.95. The standard InChI is InChI=1S/C15H21NO3/c1-18-11-14-4-3-9-16(14)10-12-5-7-13(8-6-12)15(17)19-2/h5-8,14H,3-4,9-11H2,1-2H3/t14-/m0/s1. The van der Waals surface area contributed by atoms with Crippen LogP contribution in [0.5, 0.6) is 0 Å². The van der Waals surface area contributed by atoms with E-state index in [4.69, 9.17) is 9.47 Å². The van der Waals surface area contributed by atoms with E-state index in [0.717, 1.165) is 19.7 Å². The van der Waals surface area contributed by atoms with Crippen LogP contribution in [0.1, 0.15) is 28.8 Å². The van der Waals surface area contributed by atoms with E-state index in [-0.39, 0.29) is 5.97 Å². The van der Waals surface area contributed by atoms with Gasteiger partial charge in [0.1, 0.15) is 0 Å². The summed E-state index contributed by atoms with van der Waals surface area (Å²) in [6, 6.07) is 8.15. The van der Waals surface area contributed by atoms with Gasteiger partial charge < -0.3 is 9.47 Å². The molecule has 1 aromatic rings. The summed E-state index contributed by atoms with van der Waals surface area (Å²) in [7, 11) is 3.15. The van der Waals surface area contributed by atoms with Crippen molar-refractivity contribution < 1.29 is 14.3 Å². The highest BCUT2D eigenvalue weighted by molar-refractivity contribution is 5.89. The highest BCUT2D eigenvalue weighted by Crippen LogP contribution is 2.20. The zero-order chi connectivity index (χ0) is 13.7. The fourth-order valence-corrected chi connectivity index (χ4v) is 2.58. The molecule has 19 heavy (non-hydrogen) atoms. The molecule has 1 heterocycles. The van der Waals surface area contributed by atoms with Crippen LogP contribution < -0.4 is 0 Å². The van der Waals surface area contributed by atoms with E-state index in [1.807, 2.05) is 24.3 Å². The van der Waals surface area contributed by atoms with Crippen LogP contribution in [-0.4, -0.2) is 44.3 Å². The summed E-state index contributed by atoms with van der Waals surface area (Å²) >= 11 is 0. The second kappa shape index (κ2) is 6.68. The molecular formula is C15H21NO3. The summed E-state index contributed by atoms with van der Waals surface area (Å²) in [4.78, 5) is 13.8. The number of hydrogen-bond acceptors (Lipinski definition) is 4. The van der Waals surface area contributed by atoms with Gasteiger partial charge in [0.25, 0.3) is 0 Å². The zero-order valence-electron chi connectivity index (χ0n) is 11.6. The van der Waals surface area contributed by atoms with Crippen molar-refractivity contribution in [2.45, 2.75) is 25.4 Å². The molecule has 104 valence electrons. The first kappa shape index (κ1) is 14.0. The Bertz CT molecular complexity index is 416. The normalized spacial score (nSPS) is 19.6. The van der Waals surface area contributed by atoms with Crippen molar-refractivity contribution >= 4 is 5.97 Å². The number of nitrogens with zero attached hydrogens (tertiary/aromatic N) is 1. The lowest BCUT2D eigenvalue weighted by Gasteiger charge is -2.23. The van der Waals surface area contributed by atoms with Crippen molar-refractivity contribution in [1.29, 1.82) is 0 Å². The predicted octanol–water partition coefficient (Wildman–Crippen LogP) is 2.08. The molecule has 1 atom stereocenters. The van der Waals surface area contributed by atoms with Crippen molar-refractivity contribution in [1.82, 2.24) is 4.90 Å². The largest absolute Gasteiger partial charge is 0.465 e. The van der Waals surface area contributed by atoms with Gasteiger partial charge in [-0.15, -0.1) is 0 Å². The maximum absolute atomic E-state index is 11.4. The fraction of sp³-hybridized carbons (Fsp3) is 0.533. The lowest BCUT2D eigenvalue weighted by atomic mass is 10.1. The van der Waals surface area contributed by atoms with Crippen LogP contribution in [0.2, 0.25) is 0 Å². The molecule has 0 amide bonds. The number of carbonyl (C=O) groups excluding carboxylic acids is 1. The highest BCUT2D eigenvalue weighted by Gasteiger charge is 2.24. The Hall–Kier alpha value is -1.39. The summed E-state index contributed by atoms with van der Waals surface area (Å²) in [5.74, 6) is -0.287. The number of hydrogen-bond donors (Lipinski definition) is 0. The van der Waals surface area contributed by atoms with Crippen LogP contribution >= 0.6 is 0 Å². The molecule has 0 aliphatic carbocycles. The van der Waals surface area contributed by atoms with Gasteiger partial charge in [-0.1, -0.05) is 12.1 Å². The lowest BCUT2D eigenvalue weighted by molar-refractivity contribution is 0.0600. The van der Waals surface area contributed by atoms with E-state index >= 15 is 0 Å². The number of ether oxygens (including phenoxy) is 2. The molecule has 4 nitrogen and oxygen atoms in total. The molecule has 4 heteroatoms. The maximum atomic E-state index is 11.4. The van der Waals surface area contributed by atoms with E-state index in [0.29, 0.717) is 11.6 Å². The minimum atomic E-state index is -0.287. The minimum Gasteiger partial charge on any atom is -0.465 e. The third-order valence-corrected chi connectivity index (χ3v) is 3.62. The predicted molar refractivity (Wildman–Crippen MR) is 73.1 cm³/mol. The Labute approximate surface area is 114 Å². The van der Waals surface area contributed by atoms with Crippen molar-refractivity contribution in [2.75, 3.05) is 27.4 Å². The van der Waals surface area contributed by atoms with Crippen LogP contribution in [0.25, 0.3) is 0 Å². The molecule has 0 spiro atoms. The molecule has 1 fully saturated rings. The van der Waals surface area contributed by atoms with Gasteiger partial charge in [0.2, 0.25) is 0 Å². The lowest BCUT2D eigenvalue weighted by Crippen LogP contribution is -2.32. The first-order valence-corrected chi connectivity index (χ1v) is 6.65. The maximum Gasteiger partial charge on any atom is 0.337 e. The average molecular weight is 263 g/mol. The Balaban J connectivity index is 1.97. The Morgan fingerprint density at radius 2 is 2.05 bits per heavy atom. The van der Waals surface area contributed by atoms with Gasteiger partial charge in [-0.2, -0.15) is 0 Å². The van der Waals surface area contributed by atoms with Crippen LogP contribution in [0.4, 0.5) is 0 Å². The van der Waals surface area contributed by atoms with Crippen molar-refractivity contribution in [3.63, 3.8) is 0 Å². The quantitative estimate of drug-likeness (QED) is 0.762. The van der Waals surface area contributed by atoms with E-state index in [1.165, 1.54) is 25.5 Å². The monoisotopic (exact) mass is 263 g/mol. The van der Waals surface area contributed by atoms with Gasteiger partial charge in [-0.05, 0) is 37.1 Å². The second-order valence-corrected chi connectivity index (χ2v) is 4.91. The number of methoxy groups -OCH3 is 2. The van der Waals surface area contributed by atoms with Crippen LogP contribution in [0.15, 0.2) is 24.3 Å². The van der Waals surface area contributed by atoms with Crippen molar-refractivity contribution in [3.05, 3.63) is 35.4 Å². The summed E-state index contributed by atoms with van der Waals surface area (Å²) in [6.07, 6.45) is 2.43. The molecule has 2 rings (SSSR count). The van der Waals surface area contributed by atoms with Gasteiger partial charge >= 0.3 is 5.97 Å². The number of benzene rings is 1. The number of likely N-dealkylation sites (tertiary alicyclic amines) is 1. The second-order valence-electron chi connectivity index (χ2n) is 4.91. The number of esters is 1. The van der Waals surface area contributed by atoms with E-state index in [1.54, 1.807) is 7.11 Å². The average Bonchev–Trinajstić information content (AvgIpc) is 2.86. The molecule has 1 aliphatic heterocycles. The van der Waals surface area contributed by atoms with E-state index in [2.05, 4.69) is 4.90 Å². The minimum absolute atomic E-state index is 0.287. The van der Waals surface area contributed by atoms with Crippen molar-refractivity contribution in [3.8, 4) is 0 Å². The van der Waals surface area contributed by atoms with Crippen LogP contribution in [0, 0.1) is 0 Å². The SMILES string of the molecule is COC[C@@H]1CCCN1Cc1ccc(C(=O)OC)cc1. The van der Waals surface area contributed by atoms with Crippen molar-refractivity contribution in [2.24, 2.45) is 0 Å². The molecule has 0 aromatic heterocycles. The first-order valence-electron chi connectivity index (χ1n) is 6.65. The molecule has 1 aliphatic rings. The molecule has 0 radical (unpaired) electrons. The van der Waals surface area contributed by atoms with E-state index in [9.17, 15) is 4.79 Å². The smallest absolute Gasteiger partial charge is 0.337 e. The number of rotatable bonds is 5. The zero-order valence-corrected chi connectivity index (χ0v) is 11.6. The molecular weight excluding hydrogens is 242 g/mol. The third kappa shape index (κ3) is 3.55. The van der Waals surface area contributed by atoms with Gasteiger partial charge in [-0.3, -0.25) is 4.90 Å². The molecule has 1 aromatic carbocycles. The number of carbonyl (C=O) groups is 1. The Morgan fingerprint density at radius 1 is 1.32 bits per heavy atom. The topological polar surface area (TPSA) is 38.8 Å². The van der Waals surface area contributed by atoms with Gasteiger partial charge in [0.05, 0.1) is 19.3 Å². The fourth-order valence-electron chi connectivity index (χ4n) is 2.58. The Kier molecular flexibility index (Phi) is 4.93. The van der Waals surface area contributed by atoms with Gasteiger partial charge in [0, 0.05) is 19.7 Å². The third-order valence-electron chi connectivity index (χ3n) is 3.62. The first-order chi connectivity index (χ1) is 9.24.